The first kappa shape index (κ1) is 20.8. The lowest BCUT2D eigenvalue weighted by atomic mass is 10.1. The summed E-state index contributed by atoms with van der Waals surface area (Å²) in [6, 6.07) is 9.74. The van der Waals surface area contributed by atoms with Gasteiger partial charge >= 0.3 is 0 Å². The van der Waals surface area contributed by atoms with E-state index in [1.807, 2.05) is 6.07 Å². The molecule has 0 aliphatic carbocycles. The van der Waals surface area contributed by atoms with Gasteiger partial charge in [0.15, 0.2) is 0 Å². The maximum Gasteiger partial charge on any atom is 0.256 e. The summed E-state index contributed by atoms with van der Waals surface area (Å²) in [5, 5.41) is 0.666. The Balaban J connectivity index is 1.75. The van der Waals surface area contributed by atoms with Gasteiger partial charge in [0, 0.05) is 37.3 Å². The Morgan fingerprint density at radius 1 is 1.11 bits per heavy atom. The number of sulfonamides is 1. The lowest BCUT2D eigenvalue weighted by Gasteiger charge is -2.34. The van der Waals surface area contributed by atoms with Crippen molar-refractivity contribution in [1.29, 1.82) is 0 Å². The molecule has 1 saturated heterocycles. The predicted molar refractivity (Wildman–Crippen MR) is 111 cm³/mol. The minimum atomic E-state index is -3.21. The average Bonchev–Trinajstić information content (AvgIpc) is 2.71. The number of rotatable bonds is 5. The summed E-state index contributed by atoms with van der Waals surface area (Å²) < 4.78 is 25.5. The van der Waals surface area contributed by atoms with Gasteiger partial charge in [-0.05, 0) is 56.2 Å². The first-order valence-corrected chi connectivity index (χ1v) is 11.7. The third-order valence-electron chi connectivity index (χ3n) is 4.98. The molecule has 0 spiro atoms. The van der Waals surface area contributed by atoms with Crippen LogP contribution in [0, 0.1) is 13.8 Å². The molecular weight excluding hydrogens is 394 g/mol. The second-order valence-electron chi connectivity index (χ2n) is 6.80. The van der Waals surface area contributed by atoms with E-state index in [-0.39, 0.29) is 11.7 Å². The second-order valence-corrected chi connectivity index (χ2v) is 10.1. The third-order valence-corrected chi connectivity index (χ3v) is 7.87. The Bertz CT molecular complexity index is 968. The van der Waals surface area contributed by atoms with Crippen molar-refractivity contribution >= 4 is 27.7 Å². The SMILES string of the molecule is CCS(=O)(=O)N1CCN(C(=O)c2cccnc2Sc2ccc(C)c(C)c2)CC1. The summed E-state index contributed by atoms with van der Waals surface area (Å²) in [5.41, 5.74) is 2.97. The molecule has 0 bridgehead atoms. The Morgan fingerprint density at radius 3 is 2.46 bits per heavy atom. The number of piperazine rings is 1. The Morgan fingerprint density at radius 2 is 1.82 bits per heavy atom. The first-order valence-electron chi connectivity index (χ1n) is 9.29. The van der Waals surface area contributed by atoms with Gasteiger partial charge in [-0.25, -0.2) is 13.4 Å². The molecular formula is C20H25N3O3S2. The quantitative estimate of drug-likeness (QED) is 0.745. The molecule has 0 radical (unpaired) electrons. The van der Waals surface area contributed by atoms with Gasteiger partial charge in [-0.1, -0.05) is 17.8 Å². The topological polar surface area (TPSA) is 70.6 Å². The zero-order chi connectivity index (χ0) is 20.3. The molecule has 28 heavy (non-hydrogen) atoms. The van der Waals surface area contributed by atoms with Crippen LogP contribution in [0.3, 0.4) is 0 Å². The maximum absolute atomic E-state index is 13.1. The van der Waals surface area contributed by atoms with Gasteiger partial charge in [0.25, 0.3) is 5.91 Å². The first-order chi connectivity index (χ1) is 13.3. The van der Waals surface area contributed by atoms with E-state index in [9.17, 15) is 13.2 Å². The fourth-order valence-corrected chi connectivity index (χ4v) is 5.10. The van der Waals surface area contributed by atoms with Crippen molar-refractivity contribution in [2.45, 2.75) is 30.7 Å². The van der Waals surface area contributed by atoms with Crippen LogP contribution in [0.2, 0.25) is 0 Å². The zero-order valence-electron chi connectivity index (χ0n) is 16.4. The fraction of sp³-hybridized carbons (Fsp3) is 0.400. The molecule has 2 heterocycles. The van der Waals surface area contributed by atoms with Gasteiger partial charge in [-0.2, -0.15) is 4.31 Å². The summed E-state index contributed by atoms with van der Waals surface area (Å²) in [5.74, 6) is -0.0201. The summed E-state index contributed by atoms with van der Waals surface area (Å²) in [6.07, 6.45) is 1.69. The molecule has 1 aromatic heterocycles. The highest BCUT2D eigenvalue weighted by Gasteiger charge is 2.29. The van der Waals surface area contributed by atoms with Crippen LogP contribution in [-0.4, -0.2) is 60.4 Å². The van der Waals surface area contributed by atoms with E-state index in [0.29, 0.717) is 36.8 Å². The van der Waals surface area contributed by atoms with E-state index < -0.39 is 10.0 Å². The van der Waals surface area contributed by atoms with E-state index in [2.05, 4.69) is 31.0 Å². The van der Waals surface area contributed by atoms with E-state index in [0.717, 1.165) is 4.90 Å². The monoisotopic (exact) mass is 419 g/mol. The van der Waals surface area contributed by atoms with Crippen LogP contribution in [0.4, 0.5) is 0 Å². The number of aromatic nitrogens is 1. The average molecular weight is 420 g/mol. The van der Waals surface area contributed by atoms with Crippen LogP contribution in [0.25, 0.3) is 0 Å². The number of hydrogen-bond acceptors (Lipinski definition) is 5. The van der Waals surface area contributed by atoms with Crippen molar-refractivity contribution in [3.63, 3.8) is 0 Å². The molecule has 1 aliphatic heterocycles. The van der Waals surface area contributed by atoms with Gasteiger partial charge in [0.2, 0.25) is 10.0 Å². The molecule has 8 heteroatoms. The lowest BCUT2D eigenvalue weighted by Crippen LogP contribution is -2.51. The van der Waals surface area contributed by atoms with Gasteiger partial charge in [0.1, 0.15) is 5.03 Å². The number of carbonyl (C=O) groups excluding carboxylic acids is 1. The fourth-order valence-electron chi connectivity index (χ4n) is 3.05. The second kappa shape index (κ2) is 8.63. The van der Waals surface area contributed by atoms with Gasteiger partial charge < -0.3 is 4.90 Å². The van der Waals surface area contributed by atoms with Gasteiger partial charge in [-0.3, -0.25) is 4.79 Å². The molecule has 0 atom stereocenters. The lowest BCUT2D eigenvalue weighted by molar-refractivity contribution is 0.0693. The van der Waals surface area contributed by atoms with E-state index >= 15 is 0 Å². The van der Waals surface area contributed by atoms with Crippen LogP contribution >= 0.6 is 11.8 Å². The predicted octanol–water partition coefficient (Wildman–Crippen LogP) is 2.96. The highest BCUT2D eigenvalue weighted by Crippen LogP contribution is 2.30. The van der Waals surface area contributed by atoms with Crippen LogP contribution < -0.4 is 0 Å². The number of aryl methyl sites for hydroxylation is 2. The van der Waals surface area contributed by atoms with Crippen molar-refractivity contribution in [3.8, 4) is 0 Å². The largest absolute Gasteiger partial charge is 0.336 e. The van der Waals surface area contributed by atoms with Crippen molar-refractivity contribution < 1.29 is 13.2 Å². The Labute approximate surface area is 171 Å². The molecule has 1 fully saturated rings. The number of pyridine rings is 1. The van der Waals surface area contributed by atoms with E-state index in [1.165, 1.54) is 27.2 Å². The molecule has 1 amide bonds. The third kappa shape index (κ3) is 4.56. The number of amides is 1. The Kier molecular flexibility index (Phi) is 6.42. The summed E-state index contributed by atoms with van der Waals surface area (Å²) >= 11 is 1.47. The molecule has 3 rings (SSSR count). The van der Waals surface area contributed by atoms with Crippen LogP contribution in [0.5, 0.6) is 0 Å². The summed E-state index contributed by atoms with van der Waals surface area (Å²) in [7, 11) is -3.21. The number of benzene rings is 1. The molecule has 6 nitrogen and oxygen atoms in total. The molecule has 2 aromatic rings. The smallest absolute Gasteiger partial charge is 0.256 e. The molecule has 1 aliphatic rings. The van der Waals surface area contributed by atoms with E-state index in [4.69, 9.17) is 0 Å². The molecule has 0 saturated carbocycles. The normalized spacial score (nSPS) is 15.6. The molecule has 0 unspecified atom stereocenters. The van der Waals surface area contributed by atoms with Gasteiger partial charge in [-0.15, -0.1) is 0 Å². The van der Waals surface area contributed by atoms with Crippen molar-refractivity contribution in [2.24, 2.45) is 0 Å². The molecule has 0 N–H and O–H groups in total. The van der Waals surface area contributed by atoms with Crippen LogP contribution in [-0.2, 0) is 10.0 Å². The highest BCUT2D eigenvalue weighted by atomic mass is 32.2. The number of carbonyl (C=O) groups is 1. The zero-order valence-corrected chi connectivity index (χ0v) is 18.0. The standard InChI is InChI=1S/C20H25N3O3S2/c1-4-28(25,26)23-12-10-22(11-13-23)20(24)18-6-5-9-21-19(18)27-17-8-7-15(2)16(3)14-17/h5-9,14H,4,10-13H2,1-3H3. The Hall–Kier alpha value is -1.90. The minimum absolute atomic E-state index is 0.0836. The number of hydrogen-bond donors (Lipinski definition) is 0. The maximum atomic E-state index is 13.1. The summed E-state index contributed by atoms with van der Waals surface area (Å²) in [4.78, 5) is 20.2. The molecule has 1 aromatic carbocycles. The van der Waals surface area contributed by atoms with Gasteiger partial charge in [0.05, 0.1) is 11.3 Å². The van der Waals surface area contributed by atoms with Crippen LogP contribution in [0.1, 0.15) is 28.4 Å². The highest BCUT2D eigenvalue weighted by molar-refractivity contribution is 7.99. The van der Waals surface area contributed by atoms with Crippen molar-refractivity contribution in [3.05, 3.63) is 53.2 Å². The summed E-state index contributed by atoms with van der Waals surface area (Å²) in [6.45, 7) is 7.22. The van der Waals surface area contributed by atoms with E-state index in [1.54, 1.807) is 30.2 Å². The number of nitrogens with zero attached hydrogens (tertiary/aromatic N) is 3. The minimum Gasteiger partial charge on any atom is -0.336 e. The van der Waals surface area contributed by atoms with Crippen molar-refractivity contribution in [2.75, 3.05) is 31.9 Å². The van der Waals surface area contributed by atoms with Crippen LogP contribution in [0.15, 0.2) is 46.5 Å². The van der Waals surface area contributed by atoms with Crippen molar-refractivity contribution in [1.82, 2.24) is 14.2 Å². The molecule has 150 valence electrons.